The van der Waals surface area contributed by atoms with Crippen LogP contribution in [-0.2, 0) is 11.2 Å². The number of piperazine rings is 1. The lowest BCUT2D eigenvalue weighted by molar-refractivity contribution is -0.131. The van der Waals surface area contributed by atoms with Crippen LogP contribution in [0.2, 0.25) is 0 Å². The quantitative estimate of drug-likeness (QED) is 0.171. The Bertz CT molecular complexity index is 1270. The molecule has 0 bridgehead atoms. The van der Waals surface area contributed by atoms with Crippen LogP contribution >= 0.6 is 23.3 Å². The first-order valence-electron chi connectivity index (χ1n) is 12.4. The van der Waals surface area contributed by atoms with Gasteiger partial charge < -0.3 is 20.9 Å². The number of fused-ring (bicyclic) bond motifs is 1. The Labute approximate surface area is 232 Å². The summed E-state index contributed by atoms with van der Waals surface area (Å²) in [4.78, 5) is 40.6. The predicted molar refractivity (Wildman–Crippen MR) is 155 cm³/mol. The third-order valence-corrected chi connectivity index (χ3v) is 5.92. The van der Waals surface area contributed by atoms with E-state index in [1.807, 2.05) is 26.0 Å². The van der Waals surface area contributed by atoms with E-state index < -0.39 is 11.7 Å². The van der Waals surface area contributed by atoms with Crippen molar-refractivity contribution in [3.05, 3.63) is 75.5 Å². The van der Waals surface area contributed by atoms with E-state index in [1.165, 1.54) is 12.1 Å². The molecule has 1 aliphatic heterocycles. The molecule has 206 valence electrons. The Morgan fingerprint density at radius 3 is 2.34 bits per heavy atom. The van der Waals surface area contributed by atoms with Gasteiger partial charge in [-0.05, 0) is 23.8 Å². The van der Waals surface area contributed by atoms with E-state index in [0.29, 0.717) is 67.7 Å². The van der Waals surface area contributed by atoms with Crippen molar-refractivity contribution in [3.63, 3.8) is 0 Å². The molecular formula is C26H35FN6O3S2. The predicted octanol–water partition coefficient (Wildman–Crippen LogP) is 2.27. The maximum Gasteiger partial charge on any atom is 0.272 e. The molecule has 0 radical (unpaired) electrons. The molecule has 0 saturated carbocycles. The van der Waals surface area contributed by atoms with Gasteiger partial charge in [-0.15, -0.1) is 23.3 Å². The summed E-state index contributed by atoms with van der Waals surface area (Å²) < 4.78 is 14.6. The van der Waals surface area contributed by atoms with Crippen molar-refractivity contribution in [2.75, 3.05) is 45.8 Å². The van der Waals surface area contributed by atoms with Crippen LogP contribution in [0.4, 0.5) is 4.39 Å². The highest BCUT2D eigenvalue weighted by Gasteiger charge is 2.26. The highest BCUT2D eigenvalue weighted by atomic mass is 33.1. The normalized spacial score (nSPS) is 12.8. The number of hydrogen-bond acceptors (Lipinski definition) is 8. The number of rotatable bonds is 7. The molecule has 1 saturated heterocycles. The summed E-state index contributed by atoms with van der Waals surface area (Å²) in [5, 5.41) is 10.9. The van der Waals surface area contributed by atoms with Gasteiger partial charge in [0.15, 0.2) is 0 Å². The molecule has 3 aromatic rings. The minimum Gasteiger partial charge on any atom is -0.338 e. The lowest BCUT2D eigenvalue weighted by atomic mass is 10.0. The second-order valence-electron chi connectivity index (χ2n) is 8.17. The molecule has 1 aliphatic rings. The molecule has 2 heterocycles. The van der Waals surface area contributed by atoms with Crippen LogP contribution in [0.5, 0.6) is 0 Å². The summed E-state index contributed by atoms with van der Waals surface area (Å²) in [7, 11) is 0. The Morgan fingerprint density at radius 1 is 1.05 bits per heavy atom. The van der Waals surface area contributed by atoms with E-state index >= 15 is 0 Å². The number of aromatic amines is 1. The second kappa shape index (κ2) is 16.1. The Morgan fingerprint density at radius 2 is 1.68 bits per heavy atom. The fourth-order valence-electron chi connectivity index (χ4n) is 4.08. The second-order valence-corrected chi connectivity index (χ2v) is 8.17. The molecule has 9 nitrogen and oxygen atoms in total. The van der Waals surface area contributed by atoms with Gasteiger partial charge in [0.05, 0.1) is 23.2 Å². The number of aromatic nitrogens is 2. The zero-order chi connectivity index (χ0) is 28.1. The van der Waals surface area contributed by atoms with Gasteiger partial charge in [-0.3, -0.25) is 14.4 Å². The zero-order valence-corrected chi connectivity index (χ0v) is 23.4. The van der Waals surface area contributed by atoms with Crippen LogP contribution in [0.25, 0.3) is 10.8 Å². The molecule has 0 atom stereocenters. The average molecular weight is 563 g/mol. The minimum absolute atomic E-state index is 0.0179. The molecule has 1 fully saturated rings. The summed E-state index contributed by atoms with van der Waals surface area (Å²) in [5.41, 5.74) is 6.46. The van der Waals surface area contributed by atoms with E-state index in [1.54, 1.807) is 28.0 Å². The number of H-pyrrole nitrogens is 1. The maximum atomic E-state index is 14.6. The van der Waals surface area contributed by atoms with Crippen molar-refractivity contribution in [2.45, 2.75) is 20.3 Å². The van der Waals surface area contributed by atoms with E-state index in [-0.39, 0.29) is 23.6 Å². The highest BCUT2D eigenvalue weighted by Crippen LogP contribution is 2.20. The summed E-state index contributed by atoms with van der Waals surface area (Å²) in [6, 6.07) is 11.6. The number of amides is 2. The number of thiol groups is 2. The van der Waals surface area contributed by atoms with E-state index in [0.717, 1.165) is 0 Å². The number of halogens is 1. The van der Waals surface area contributed by atoms with Crippen LogP contribution in [0.1, 0.15) is 35.5 Å². The van der Waals surface area contributed by atoms with Gasteiger partial charge in [0.25, 0.3) is 11.5 Å². The highest BCUT2D eigenvalue weighted by molar-refractivity contribution is 8.59. The average Bonchev–Trinajstić information content (AvgIpc) is 2.97. The lowest BCUT2D eigenvalue weighted by Gasteiger charge is -2.35. The number of benzene rings is 2. The van der Waals surface area contributed by atoms with Crippen molar-refractivity contribution >= 4 is 45.9 Å². The molecule has 4 N–H and O–H groups in total. The molecular weight excluding hydrogens is 527 g/mol. The molecule has 1 aromatic heterocycles. The maximum absolute atomic E-state index is 14.6. The van der Waals surface area contributed by atoms with Crippen molar-refractivity contribution in [2.24, 2.45) is 5.73 Å². The first kappa shape index (κ1) is 31.3. The summed E-state index contributed by atoms with van der Waals surface area (Å²) >= 11 is 6.44. The van der Waals surface area contributed by atoms with Crippen LogP contribution in [-0.4, -0.2) is 77.6 Å². The summed E-state index contributed by atoms with van der Waals surface area (Å²) in [5.74, 6) is -1.06. The number of carbonyl (C=O) groups excluding carboxylic acids is 2. The van der Waals surface area contributed by atoms with Gasteiger partial charge in [0, 0.05) is 51.1 Å². The molecule has 4 rings (SSSR count). The lowest BCUT2D eigenvalue weighted by Crippen LogP contribution is -2.52. The van der Waals surface area contributed by atoms with Crippen LogP contribution in [0.3, 0.4) is 0 Å². The molecule has 38 heavy (non-hydrogen) atoms. The van der Waals surface area contributed by atoms with E-state index in [2.05, 4.69) is 38.8 Å². The third kappa shape index (κ3) is 8.03. The van der Waals surface area contributed by atoms with Crippen LogP contribution < -0.4 is 16.6 Å². The number of nitrogens with zero attached hydrogens (tertiary/aromatic N) is 3. The van der Waals surface area contributed by atoms with Crippen molar-refractivity contribution in [1.82, 2.24) is 25.3 Å². The Balaban J connectivity index is 0.00000121. The van der Waals surface area contributed by atoms with Crippen molar-refractivity contribution in [1.29, 1.82) is 0 Å². The van der Waals surface area contributed by atoms with Crippen LogP contribution in [0.15, 0.2) is 47.3 Å². The first-order chi connectivity index (χ1) is 18.5. The first-order valence-corrected chi connectivity index (χ1v) is 14.0. The molecule has 0 spiro atoms. The number of hydrogen-bond donors (Lipinski definition) is 5. The van der Waals surface area contributed by atoms with Gasteiger partial charge in [-0.1, -0.05) is 38.1 Å². The van der Waals surface area contributed by atoms with E-state index in [4.69, 9.17) is 5.73 Å². The van der Waals surface area contributed by atoms with Gasteiger partial charge in [0.1, 0.15) is 5.82 Å². The minimum atomic E-state index is -0.600. The molecule has 12 heteroatoms. The van der Waals surface area contributed by atoms with Crippen LogP contribution in [0, 0.1) is 5.82 Å². The monoisotopic (exact) mass is 562 g/mol. The third-order valence-electron chi connectivity index (χ3n) is 5.92. The Hall–Kier alpha value is -2.93. The standard InChI is InChI=1S/C24H27FN6O3.C2H6.H2S2/c25-20-6-5-16(14-21-17-3-1-2-4-18(17)23(33)29-28-21)13-19(20)24(34)31-11-9-30(10-12-31)22(32)15-27-8-7-26;2*1-2/h1-6,13,27H,7-12,14-15,26H2,(H,29,33);1-2H3;1-2H. The number of nitrogens with one attached hydrogen (secondary N) is 2. The molecule has 2 amide bonds. The molecule has 2 aromatic carbocycles. The topological polar surface area (TPSA) is 124 Å². The molecule has 0 unspecified atom stereocenters. The SMILES string of the molecule is CC.NCCNCC(=O)N1CCN(C(=O)c2cc(Cc3n[nH]c(=O)c4ccccc34)ccc2F)CC1.SS. The number of carbonyl (C=O) groups is 2. The van der Waals surface area contributed by atoms with Gasteiger partial charge in [0.2, 0.25) is 5.91 Å². The molecule has 0 aliphatic carbocycles. The van der Waals surface area contributed by atoms with E-state index in [9.17, 15) is 18.8 Å². The summed E-state index contributed by atoms with van der Waals surface area (Å²) in [6.07, 6.45) is 0.329. The fraction of sp³-hybridized carbons (Fsp3) is 0.385. The van der Waals surface area contributed by atoms with Gasteiger partial charge in [-0.2, -0.15) is 5.10 Å². The van der Waals surface area contributed by atoms with Gasteiger partial charge in [-0.25, -0.2) is 9.49 Å². The van der Waals surface area contributed by atoms with Gasteiger partial charge >= 0.3 is 0 Å². The smallest absolute Gasteiger partial charge is 0.272 e. The Kier molecular flexibility index (Phi) is 13.3. The number of nitrogens with two attached hydrogens (primary N) is 1. The summed E-state index contributed by atoms with van der Waals surface area (Å²) in [6.45, 7) is 6.66. The van der Waals surface area contributed by atoms with Crippen molar-refractivity contribution < 1.29 is 14.0 Å². The fourth-order valence-corrected chi connectivity index (χ4v) is 4.08. The largest absolute Gasteiger partial charge is 0.338 e. The zero-order valence-electron chi connectivity index (χ0n) is 21.6. The van der Waals surface area contributed by atoms with Crippen molar-refractivity contribution in [3.8, 4) is 0 Å².